The predicted octanol–water partition coefficient (Wildman–Crippen LogP) is 5.38. The highest BCUT2D eigenvalue weighted by Crippen LogP contribution is 2.28. The monoisotopic (exact) mass is 291 g/mol. The van der Waals surface area contributed by atoms with Crippen molar-refractivity contribution in [1.82, 2.24) is 0 Å². The summed E-state index contributed by atoms with van der Waals surface area (Å²) in [7, 11) is 0. The Bertz CT molecular complexity index is 761. The Hall–Kier alpha value is -2.66. The summed E-state index contributed by atoms with van der Waals surface area (Å²) >= 11 is 0. The summed E-state index contributed by atoms with van der Waals surface area (Å²) in [6.07, 6.45) is 2.42. The Kier molecular flexibility index (Phi) is 4.91. The molecular weight excluding hydrogens is 273 g/mol. The van der Waals surface area contributed by atoms with Gasteiger partial charge in [0.15, 0.2) is 0 Å². The first-order valence-corrected chi connectivity index (χ1v) is 7.23. The molecule has 0 bridgehead atoms. The molecule has 1 nitrogen and oxygen atoms in total. The fraction of sp³-hybridized carbons (Fsp3) is 0.150. The quantitative estimate of drug-likeness (QED) is 0.548. The zero-order chi connectivity index (χ0) is 16.1. The van der Waals surface area contributed by atoms with Crippen LogP contribution >= 0.6 is 0 Å². The lowest BCUT2D eigenvalue weighted by atomic mass is 9.94. The molecule has 0 fully saturated rings. The van der Waals surface area contributed by atoms with E-state index in [0.717, 1.165) is 22.3 Å². The number of hydrogen-bond donors (Lipinski definition) is 0. The Morgan fingerprint density at radius 3 is 2.32 bits per heavy atom. The zero-order valence-corrected chi connectivity index (χ0v) is 12.9. The van der Waals surface area contributed by atoms with Crippen LogP contribution in [0, 0.1) is 17.1 Å². The lowest BCUT2D eigenvalue weighted by Gasteiger charge is -2.11. The molecule has 0 aliphatic rings. The van der Waals surface area contributed by atoms with E-state index < -0.39 is 0 Å². The molecule has 0 N–H and O–H groups in total. The number of aryl methyl sites for hydroxylation is 1. The van der Waals surface area contributed by atoms with Crippen molar-refractivity contribution in [3.63, 3.8) is 0 Å². The first kappa shape index (κ1) is 15.7. The van der Waals surface area contributed by atoms with Crippen molar-refractivity contribution in [3.05, 3.63) is 83.2 Å². The Morgan fingerprint density at radius 2 is 1.82 bits per heavy atom. The molecule has 2 heteroatoms. The van der Waals surface area contributed by atoms with E-state index in [-0.39, 0.29) is 5.82 Å². The second kappa shape index (κ2) is 6.87. The maximum Gasteiger partial charge on any atom is 0.127 e. The van der Waals surface area contributed by atoms with Crippen LogP contribution in [0.2, 0.25) is 0 Å². The summed E-state index contributed by atoms with van der Waals surface area (Å²) in [6, 6.07) is 14.8. The summed E-state index contributed by atoms with van der Waals surface area (Å²) in [5.41, 5.74) is 5.04. The molecular formula is C20H18FN. The highest BCUT2D eigenvalue weighted by molar-refractivity contribution is 5.94. The maximum atomic E-state index is 14.0. The van der Waals surface area contributed by atoms with Gasteiger partial charge in [0.25, 0.3) is 0 Å². The van der Waals surface area contributed by atoms with Crippen LogP contribution in [0.15, 0.2) is 55.1 Å². The van der Waals surface area contributed by atoms with Crippen LogP contribution in [0.5, 0.6) is 0 Å². The molecule has 0 atom stereocenters. The third-order valence-corrected chi connectivity index (χ3v) is 3.80. The Balaban J connectivity index is 2.50. The molecule has 22 heavy (non-hydrogen) atoms. The lowest BCUT2D eigenvalue weighted by Crippen LogP contribution is -1.92. The summed E-state index contributed by atoms with van der Waals surface area (Å²) in [5, 5.41) is 8.86. The van der Waals surface area contributed by atoms with E-state index in [1.807, 2.05) is 38.1 Å². The molecule has 0 spiro atoms. The van der Waals surface area contributed by atoms with Crippen molar-refractivity contribution < 1.29 is 4.39 Å². The number of nitriles is 1. The molecule has 0 aliphatic heterocycles. The van der Waals surface area contributed by atoms with Gasteiger partial charge in [-0.2, -0.15) is 5.26 Å². The van der Waals surface area contributed by atoms with E-state index in [1.54, 1.807) is 24.3 Å². The molecule has 0 radical (unpaired) electrons. The van der Waals surface area contributed by atoms with E-state index in [1.165, 1.54) is 0 Å². The number of allylic oxidation sites excluding steroid dienone is 3. The summed E-state index contributed by atoms with van der Waals surface area (Å²) in [6.45, 7) is 7.77. The molecule has 0 amide bonds. The van der Waals surface area contributed by atoms with Gasteiger partial charge in [-0.1, -0.05) is 43.8 Å². The molecule has 110 valence electrons. The van der Waals surface area contributed by atoms with E-state index in [0.29, 0.717) is 17.5 Å². The Labute approximate surface area is 131 Å². The molecule has 0 unspecified atom stereocenters. The smallest absolute Gasteiger partial charge is 0.127 e. The molecule has 0 aliphatic carbocycles. The summed E-state index contributed by atoms with van der Waals surface area (Å²) < 4.78 is 14.0. The van der Waals surface area contributed by atoms with Gasteiger partial charge in [0.1, 0.15) is 5.82 Å². The van der Waals surface area contributed by atoms with Crippen molar-refractivity contribution in [1.29, 1.82) is 5.26 Å². The normalized spacial score (nSPS) is 11.5. The lowest BCUT2D eigenvalue weighted by molar-refractivity contribution is 0.612. The van der Waals surface area contributed by atoms with Crippen LogP contribution in [0.1, 0.15) is 36.1 Å². The van der Waals surface area contributed by atoms with Gasteiger partial charge >= 0.3 is 0 Å². The number of rotatable bonds is 4. The molecule has 0 heterocycles. The van der Waals surface area contributed by atoms with Crippen LogP contribution in [-0.2, 0) is 6.42 Å². The van der Waals surface area contributed by atoms with Gasteiger partial charge in [-0.15, -0.1) is 0 Å². The average Bonchev–Trinajstić information content (AvgIpc) is 2.55. The van der Waals surface area contributed by atoms with E-state index in [9.17, 15) is 4.39 Å². The third kappa shape index (κ3) is 3.15. The Morgan fingerprint density at radius 1 is 1.18 bits per heavy atom. The fourth-order valence-electron chi connectivity index (χ4n) is 2.44. The van der Waals surface area contributed by atoms with Crippen molar-refractivity contribution in [2.24, 2.45) is 0 Å². The van der Waals surface area contributed by atoms with Gasteiger partial charge in [-0.05, 0) is 59.4 Å². The largest absolute Gasteiger partial charge is 0.207 e. The third-order valence-electron chi connectivity index (χ3n) is 3.80. The molecule has 0 saturated heterocycles. The zero-order valence-electron chi connectivity index (χ0n) is 12.9. The van der Waals surface area contributed by atoms with E-state index in [4.69, 9.17) is 5.26 Å². The molecule has 0 aromatic heterocycles. The molecule has 0 saturated carbocycles. The van der Waals surface area contributed by atoms with Gasteiger partial charge < -0.3 is 0 Å². The first-order valence-electron chi connectivity index (χ1n) is 7.23. The maximum absolute atomic E-state index is 14.0. The van der Waals surface area contributed by atoms with Gasteiger partial charge in [-0.25, -0.2) is 4.39 Å². The predicted molar refractivity (Wildman–Crippen MR) is 89.6 cm³/mol. The number of benzene rings is 2. The van der Waals surface area contributed by atoms with E-state index >= 15 is 0 Å². The number of hydrogen-bond acceptors (Lipinski definition) is 1. The molecule has 2 rings (SSSR count). The topological polar surface area (TPSA) is 23.8 Å². The highest BCUT2D eigenvalue weighted by Gasteiger charge is 2.08. The fourth-order valence-corrected chi connectivity index (χ4v) is 2.44. The van der Waals surface area contributed by atoms with Gasteiger partial charge in [0.05, 0.1) is 11.6 Å². The summed E-state index contributed by atoms with van der Waals surface area (Å²) in [5.74, 6) is -0.188. The first-order chi connectivity index (χ1) is 10.6. The number of nitrogens with zero attached hydrogens (tertiary/aromatic N) is 1. The van der Waals surface area contributed by atoms with Crippen LogP contribution in [-0.4, -0.2) is 0 Å². The van der Waals surface area contributed by atoms with Crippen molar-refractivity contribution >= 4 is 11.1 Å². The second-order valence-electron chi connectivity index (χ2n) is 5.09. The van der Waals surface area contributed by atoms with Crippen LogP contribution in [0.3, 0.4) is 0 Å². The highest BCUT2D eigenvalue weighted by atomic mass is 19.1. The van der Waals surface area contributed by atoms with Crippen molar-refractivity contribution in [2.75, 3.05) is 0 Å². The van der Waals surface area contributed by atoms with Crippen LogP contribution < -0.4 is 0 Å². The molecule has 2 aromatic carbocycles. The number of halogens is 1. The van der Waals surface area contributed by atoms with Crippen molar-refractivity contribution in [2.45, 2.75) is 20.3 Å². The average molecular weight is 291 g/mol. The van der Waals surface area contributed by atoms with Gasteiger partial charge in [0, 0.05) is 0 Å². The van der Waals surface area contributed by atoms with Crippen LogP contribution in [0.4, 0.5) is 4.39 Å². The van der Waals surface area contributed by atoms with Crippen LogP contribution in [0.25, 0.3) is 11.1 Å². The summed E-state index contributed by atoms with van der Waals surface area (Å²) in [4.78, 5) is 0. The standard InChI is InChI=1S/C20H18FN/c1-4-16-10-11-18(12-20(16)21)19(5-2)14(3)17-8-6-15(13-22)7-9-17/h5-12H,2,4H2,1,3H3/b19-14-. The van der Waals surface area contributed by atoms with Gasteiger partial charge in [-0.3, -0.25) is 0 Å². The SMILES string of the molecule is C=C/C(=C(\C)c1ccc(C#N)cc1)c1ccc(CC)c(F)c1. The molecule has 2 aromatic rings. The minimum atomic E-state index is -0.188. The second-order valence-corrected chi connectivity index (χ2v) is 5.09. The van der Waals surface area contributed by atoms with E-state index in [2.05, 4.69) is 12.6 Å². The minimum Gasteiger partial charge on any atom is -0.207 e. The van der Waals surface area contributed by atoms with Crippen molar-refractivity contribution in [3.8, 4) is 6.07 Å². The minimum absolute atomic E-state index is 0.188. The van der Waals surface area contributed by atoms with Gasteiger partial charge in [0.2, 0.25) is 0 Å².